The average molecular weight is 407 g/mol. The van der Waals surface area contributed by atoms with Crippen molar-refractivity contribution in [3.63, 3.8) is 0 Å². The van der Waals surface area contributed by atoms with E-state index < -0.39 is 11.9 Å². The maximum Gasteiger partial charge on any atom is 0.335 e. The number of carboxylic acids is 2. The number of thiazole rings is 1. The zero-order chi connectivity index (χ0) is 20.4. The number of rotatable bonds is 6. The summed E-state index contributed by atoms with van der Waals surface area (Å²) in [6.45, 7) is 0. The largest absolute Gasteiger partial charge is 0.478 e. The molecule has 29 heavy (non-hydrogen) atoms. The molecule has 2 aromatic heterocycles. The fraction of sp³-hybridized carbons (Fsp3) is 0. The molecule has 0 saturated carbocycles. The van der Waals surface area contributed by atoms with E-state index in [9.17, 15) is 19.8 Å². The van der Waals surface area contributed by atoms with E-state index >= 15 is 0 Å². The van der Waals surface area contributed by atoms with Gasteiger partial charge in [0, 0.05) is 5.56 Å². The molecule has 0 saturated heterocycles. The Morgan fingerprint density at radius 3 is 2.45 bits per heavy atom. The number of carboxylic acid groups (broad SMARTS) is 2. The number of carbonyl (C=O) groups is 2. The van der Waals surface area contributed by atoms with Gasteiger partial charge in [-0.15, -0.1) is 0 Å². The monoisotopic (exact) mass is 407 g/mol. The van der Waals surface area contributed by atoms with Crippen molar-refractivity contribution in [3.05, 3.63) is 71.5 Å². The number of nitrogens with zero attached hydrogens (tertiary/aromatic N) is 2. The molecule has 4 rings (SSSR count). The number of aromatic carboxylic acids is 2. The number of nitrogens with one attached hydrogen (secondary N) is 1. The lowest BCUT2D eigenvalue weighted by atomic mass is 10.0. The van der Waals surface area contributed by atoms with Gasteiger partial charge in [0.15, 0.2) is 0 Å². The summed E-state index contributed by atoms with van der Waals surface area (Å²) in [5, 5.41) is 23.1. The van der Waals surface area contributed by atoms with Crippen LogP contribution in [0.1, 0.15) is 26.5 Å². The van der Waals surface area contributed by atoms with Crippen LogP contribution in [0.5, 0.6) is 0 Å². The molecule has 0 unspecified atom stereocenters. The quantitative estimate of drug-likeness (QED) is 0.319. The molecule has 0 atom stereocenters. The van der Waals surface area contributed by atoms with Crippen molar-refractivity contribution in [1.29, 1.82) is 0 Å². The van der Waals surface area contributed by atoms with Gasteiger partial charge in [-0.25, -0.2) is 14.6 Å². The Labute approximate surface area is 167 Å². The summed E-state index contributed by atoms with van der Waals surface area (Å²) in [4.78, 5) is 26.9. The van der Waals surface area contributed by atoms with E-state index in [2.05, 4.69) is 15.5 Å². The predicted molar refractivity (Wildman–Crippen MR) is 109 cm³/mol. The molecule has 4 aromatic rings. The molecule has 0 spiro atoms. The Morgan fingerprint density at radius 2 is 1.76 bits per heavy atom. The predicted octanol–water partition coefficient (Wildman–Crippen LogP) is 4.40. The minimum atomic E-state index is -1.22. The first-order valence-electron chi connectivity index (χ1n) is 8.36. The van der Waals surface area contributed by atoms with E-state index in [1.54, 1.807) is 12.1 Å². The Kier molecular flexibility index (Phi) is 4.80. The number of hydrogen-bond acceptors (Lipinski definition) is 7. The summed E-state index contributed by atoms with van der Waals surface area (Å²) in [6.07, 6.45) is 1.45. The highest BCUT2D eigenvalue weighted by Crippen LogP contribution is 2.26. The summed E-state index contributed by atoms with van der Waals surface area (Å²) in [5.41, 5.74) is 3.80. The molecule has 2 heterocycles. The number of furan rings is 1. The minimum Gasteiger partial charge on any atom is -0.478 e. The fourth-order valence-corrected chi connectivity index (χ4v) is 3.48. The van der Waals surface area contributed by atoms with Gasteiger partial charge in [0.1, 0.15) is 11.5 Å². The molecule has 0 radical (unpaired) electrons. The van der Waals surface area contributed by atoms with Crippen LogP contribution in [-0.2, 0) is 0 Å². The van der Waals surface area contributed by atoms with Crippen LogP contribution < -0.4 is 5.43 Å². The Hall–Kier alpha value is -3.98. The first kappa shape index (κ1) is 18.4. The smallest absolute Gasteiger partial charge is 0.335 e. The summed E-state index contributed by atoms with van der Waals surface area (Å²) in [5.74, 6) is -1.70. The average Bonchev–Trinajstić information content (AvgIpc) is 3.34. The number of fused-ring (bicyclic) bond motifs is 1. The van der Waals surface area contributed by atoms with Gasteiger partial charge in [0.25, 0.3) is 0 Å². The molecule has 3 N–H and O–H groups in total. The van der Waals surface area contributed by atoms with Crippen molar-refractivity contribution < 1.29 is 24.2 Å². The van der Waals surface area contributed by atoms with Gasteiger partial charge < -0.3 is 14.6 Å². The SMILES string of the molecule is O=C(O)c1cc(C(=O)O)cc(-c2ccc(/C=N/Nc3nc4ccccc4s3)o2)c1. The number of anilines is 1. The minimum absolute atomic E-state index is 0.135. The van der Waals surface area contributed by atoms with Crippen molar-refractivity contribution in [2.24, 2.45) is 5.10 Å². The Morgan fingerprint density at radius 1 is 1.03 bits per heavy atom. The van der Waals surface area contributed by atoms with Crippen LogP contribution in [0.25, 0.3) is 21.5 Å². The highest BCUT2D eigenvalue weighted by atomic mass is 32.1. The maximum absolute atomic E-state index is 11.2. The summed E-state index contributed by atoms with van der Waals surface area (Å²) in [6, 6.07) is 14.8. The number of para-hydroxylation sites is 1. The van der Waals surface area contributed by atoms with Crippen LogP contribution in [0.4, 0.5) is 5.13 Å². The molecule has 0 bridgehead atoms. The molecule has 8 nitrogen and oxygen atoms in total. The highest BCUT2D eigenvalue weighted by Gasteiger charge is 2.14. The van der Waals surface area contributed by atoms with E-state index in [0.29, 0.717) is 22.2 Å². The fourth-order valence-electron chi connectivity index (χ4n) is 2.67. The third-order valence-electron chi connectivity index (χ3n) is 3.98. The number of aromatic nitrogens is 1. The second-order valence-electron chi connectivity index (χ2n) is 5.97. The van der Waals surface area contributed by atoms with Gasteiger partial charge in [0.05, 0.1) is 27.6 Å². The topological polar surface area (TPSA) is 125 Å². The molecular weight excluding hydrogens is 394 g/mol. The molecule has 0 amide bonds. The van der Waals surface area contributed by atoms with Crippen molar-refractivity contribution in [1.82, 2.24) is 4.98 Å². The normalized spacial score (nSPS) is 11.2. The molecule has 0 aliphatic heterocycles. The van der Waals surface area contributed by atoms with Gasteiger partial charge in [-0.2, -0.15) is 5.10 Å². The molecule has 144 valence electrons. The second kappa shape index (κ2) is 7.56. The lowest BCUT2D eigenvalue weighted by Gasteiger charge is -2.03. The lowest BCUT2D eigenvalue weighted by Crippen LogP contribution is -2.02. The van der Waals surface area contributed by atoms with E-state index in [4.69, 9.17) is 4.42 Å². The zero-order valence-electron chi connectivity index (χ0n) is 14.7. The lowest BCUT2D eigenvalue weighted by molar-refractivity contribution is 0.0696. The summed E-state index contributed by atoms with van der Waals surface area (Å²) in [7, 11) is 0. The number of hydrazone groups is 1. The van der Waals surface area contributed by atoms with E-state index in [1.165, 1.54) is 29.7 Å². The van der Waals surface area contributed by atoms with Crippen LogP contribution in [0, 0.1) is 0 Å². The highest BCUT2D eigenvalue weighted by molar-refractivity contribution is 7.22. The second-order valence-corrected chi connectivity index (χ2v) is 7.00. The van der Waals surface area contributed by atoms with Crippen LogP contribution >= 0.6 is 11.3 Å². The molecular formula is C20H13N3O5S. The maximum atomic E-state index is 11.2. The van der Waals surface area contributed by atoms with E-state index in [-0.39, 0.29) is 11.1 Å². The van der Waals surface area contributed by atoms with Gasteiger partial charge in [-0.05, 0) is 42.5 Å². The first-order chi connectivity index (χ1) is 14.0. The summed E-state index contributed by atoms with van der Waals surface area (Å²) < 4.78 is 6.68. The van der Waals surface area contributed by atoms with E-state index in [0.717, 1.165) is 16.3 Å². The van der Waals surface area contributed by atoms with Crippen LogP contribution in [0.15, 0.2) is 64.1 Å². The van der Waals surface area contributed by atoms with Crippen molar-refractivity contribution in [3.8, 4) is 11.3 Å². The number of hydrogen-bond donors (Lipinski definition) is 3. The van der Waals surface area contributed by atoms with Crippen LogP contribution in [0.2, 0.25) is 0 Å². The number of benzene rings is 2. The molecule has 0 fully saturated rings. The van der Waals surface area contributed by atoms with Gasteiger partial charge in [0.2, 0.25) is 5.13 Å². The third kappa shape index (κ3) is 3.99. The molecule has 9 heteroatoms. The standard InChI is InChI=1S/C20H13N3O5S/c24-18(25)12-7-11(8-13(9-12)19(26)27)16-6-5-14(28-16)10-21-23-20-22-15-3-1-2-4-17(15)29-20/h1-10H,(H,22,23)(H,24,25)(H,26,27)/b21-10+. The molecule has 0 aliphatic carbocycles. The van der Waals surface area contributed by atoms with Crippen molar-refractivity contribution in [2.45, 2.75) is 0 Å². The van der Waals surface area contributed by atoms with Crippen LogP contribution in [-0.4, -0.2) is 33.4 Å². The van der Waals surface area contributed by atoms with Crippen LogP contribution in [0.3, 0.4) is 0 Å². The Balaban J connectivity index is 1.54. The van der Waals surface area contributed by atoms with Gasteiger partial charge in [-0.3, -0.25) is 5.43 Å². The molecule has 2 aromatic carbocycles. The third-order valence-corrected chi connectivity index (χ3v) is 4.93. The summed E-state index contributed by atoms with van der Waals surface area (Å²) >= 11 is 1.47. The Bertz CT molecular complexity index is 1190. The van der Waals surface area contributed by atoms with E-state index in [1.807, 2.05) is 24.3 Å². The van der Waals surface area contributed by atoms with Gasteiger partial charge in [-0.1, -0.05) is 23.5 Å². The van der Waals surface area contributed by atoms with Crippen molar-refractivity contribution in [2.75, 3.05) is 5.43 Å². The first-order valence-corrected chi connectivity index (χ1v) is 9.18. The van der Waals surface area contributed by atoms with Crippen molar-refractivity contribution >= 4 is 44.8 Å². The molecule has 0 aliphatic rings. The zero-order valence-corrected chi connectivity index (χ0v) is 15.5. The van der Waals surface area contributed by atoms with Gasteiger partial charge >= 0.3 is 11.9 Å².